The Morgan fingerprint density at radius 2 is 0.889 bits per heavy atom. The fourth-order valence-corrected chi connectivity index (χ4v) is 11.3. The fourth-order valence-electron chi connectivity index (χ4n) is 10.8. The minimum Gasteiger partial charge on any atom is -0.423 e. The number of halogens is 3. The first-order chi connectivity index (χ1) is 43.3. The van der Waals surface area contributed by atoms with Gasteiger partial charge in [0.1, 0.15) is 23.3 Å². The van der Waals surface area contributed by atoms with Crippen molar-refractivity contribution in [2.24, 2.45) is 0 Å². The molecule has 2 N–H and O–H groups in total. The Bertz CT molecular complexity index is 3610. The van der Waals surface area contributed by atoms with Crippen LogP contribution in [0.1, 0.15) is 154 Å². The molecule has 90 heavy (non-hydrogen) atoms. The summed E-state index contributed by atoms with van der Waals surface area (Å²) < 4.78 is 31.7. The monoisotopic (exact) mass is 1340 g/mol. The molecule has 2 amide bonds. The maximum absolute atomic E-state index is 14.2. The molecule has 0 saturated heterocycles. The molecule has 0 saturated carbocycles. The summed E-state index contributed by atoms with van der Waals surface area (Å²) >= 11 is 2.18. The topological polar surface area (TPSA) is 157 Å². The van der Waals surface area contributed by atoms with E-state index in [0.29, 0.717) is 89.3 Å². The average Bonchev–Trinajstić information content (AvgIpc) is 0.858. The summed E-state index contributed by atoms with van der Waals surface area (Å²) in [6, 6.07) is 40.6. The highest BCUT2D eigenvalue weighted by Gasteiger charge is 2.29. The first kappa shape index (κ1) is 72.1. The highest BCUT2D eigenvalue weighted by atomic mass is 127. The minimum absolute atomic E-state index is 0.0577. The molecular weight excluding hydrogens is 1250 g/mol. The number of likely N-dealkylation sites (N-methyl/N-ethyl adjacent to an activating group) is 2. The number of nitrogens with zero attached hydrogens (tertiary/aromatic N) is 8. The molecule has 0 bridgehead atoms. The average molecular weight is 1340 g/mol. The van der Waals surface area contributed by atoms with Gasteiger partial charge in [0.05, 0.1) is 45.3 Å². The number of carbonyl (C=O) groups excluding carboxylic acids is 2. The normalized spacial score (nSPS) is 11.9. The van der Waals surface area contributed by atoms with Crippen LogP contribution in [-0.4, -0.2) is 122 Å². The molecule has 0 aliphatic heterocycles. The van der Waals surface area contributed by atoms with E-state index in [-0.39, 0.29) is 34.6 Å². The Balaban J connectivity index is 0.000000252. The first-order valence-corrected chi connectivity index (χ1v) is 33.1. The van der Waals surface area contributed by atoms with Crippen molar-refractivity contribution >= 4 is 68.8 Å². The lowest BCUT2D eigenvalue weighted by atomic mass is 9.81. The molecule has 18 heteroatoms. The number of amides is 2. The van der Waals surface area contributed by atoms with E-state index in [4.69, 9.17) is 20.0 Å². The smallest absolute Gasteiger partial charge is 0.423 e. The zero-order chi connectivity index (χ0) is 65.1. The molecule has 480 valence electrons. The quantitative estimate of drug-likeness (QED) is 0.0252. The minimum atomic E-state index is -1.34. The maximum atomic E-state index is 14.2. The van der Waals surface area contributed by atoms with Crippen LogP contribution in [0, 0.1) is 15.2 Å². The molecular formula is C72H92BF2IN8O6. The summed E-state index contributed by atoms with van der Waals surface area (Å²) in [5, 5.41) is 18.1. The number of hydrogen-bond acceptors (Lipinski definition) is 10. The second-order valence-corrected chi connectivity index (χ2v) is 24.8. The molecule has 8 rings (SSSR count). The molecule has 0 fully saturated rings. The van der Waals surface area contributed by atoms with E-state index in [2.05, 4.69) is 36.4 Å². The number of benzene rings is 6. The van der Waals surface area contributed by atoms with Crippen LogP contribution in [0.25, 0.3) is 44.3 Å². The summed E-state index contributed by atoms with van der Waals surface area (Å²) in [6.45, 7) is 10.7. The van der Waals surface area contributed by atoms with Gasteiger partial charge in [0.25, 0.3) is 11.1 Å². The van der Waals surface area contributed by atoms with Crippen molar-refractivity contribution < 1.29 is 28.4 Å². The summed E-state index contributed by atoms with van der Waals surface area (Å²) in [6.07, 6.45) is 16.9. The zero-order valence-corrected chi connectivity index (χ0v) is 56.1. The van der Waals surface area contributed by atoms with Gasteiger partial charge in [-0.15, -0.1) is 0 Å². The number of carbonyl (C=O) groups is 2. The van der Waals surface area contributed by atoms with E-state index in [1.807, 2.05) is 134 Å². The second-order valence-electron chi connectivity index (χ2n) is 23.6. The highest BCUT2D eigenvalue weighted by molar-refractivity contribution is 14.1. The van der Waals surface area contributed by atoms with Crippen molar-refractivity contribution in [2.45, 2.75) is 143 Å². The lowest BCUT2D eigenvalue weighted by molar-refractivity contribution is -0.134. The number of unbranched alkanes of at least 4 members (excludes halogenated alkanes) is 12. The molecule has 0 spiro atoms. The maximum Gasteiger partial charge on any atom is 0.488 e. The van der Waals surface area contributed by atoms with Crippen LogP contribution in [0.2, 0.25) is 0 Å². The molecule has 2 atom stereocenters. The lowest BCUT2D eigenvalue weighted by Gasteiger charge is -2.31. The second kappa shape index (κ2) is 37.4. The molecule has 6 aromatic carbocycles. The standard InChI is InChI=1S/C36H45FN4O2.C30H40FIN4O2.C6H7BO2/c1-5-6-7-8-9-10-14-17-34(42)40(25-24-39(3)4)27(2)35-38-33-23-18-29(28-15-12-11-13-16-28)26-32(33)36(43)41(35)31-21-19-30(37)20-22-31;1-5-6-7-8-9-10-11-12-28(37)35(20-19-34(3)4)22(2)29-33-27-18-15-24(32)21-26(27)30(38)36(29)25-16-13-23(31)14-17-25;8-7(9)6-4-2-1-3-5-6/h11-13,15-16,18-23,26-27H,5-10,14,17,24-25H2,1-4H3;13-18,21-22H,5-12,19-20H2,1-4H3;1-5,8-9H. The van der Waals surface area contributed by atoms with Crippen molar-refractivity contribution in [3.63, 3.8) is 0 Å². The molecule has 2 heterocycles. The predicted octanol–water partition coefficient (Wildman–Crippen LogP) is 13.9. The summed E-state index contributed by atoms with van der Waals surface area (Å²) in [7, 11) is 6.58. The van der Waals surface area contributed by atoms with E-state index in [9.17, 15) is 28.0 Å². The largest absolute Gasteiger partial charge is 0.488 e. The van der Waals surface area contributed by atoms with Crippen LogP contribution >= 0.6 is 22.6 Å². The fraction of sp³-hybridized carbons (Fsp3) is 0.417. The van der Waals surface area contributed by atoms with Gasteiger partial charge in [-0.3, -0.25) is 28.3 Å². The van der Waals surface area contributed by atoms with E-state index >= 15 is 0 Å². The Kier molecular flexibility index (Phi) is 30.0. The Morgan fingerprint density at radius 1 is 0.500 bits per heavy atom. The van der Waals surface area contributed by atoms with Crippen molar-refractivity contribution in [3.05, 3.63) is 193 Å². The van der Waals surface area contributed by atoms with E-state index < -0.39 is 19.2 Å². The first-order valence-electron chi connectivity index (χ1n) is 32.0. The van der Waals surface area contributed by atoms with Gasteiger partial charge in [0.15, 0.2) is 0 Å². The van der Waals surface area contributed by atoms with Gasteiger partial charge < -0.3 is 29.6 Å². The molecule has 0 radical (unpaired) electrons. The molecule has 2 unspecified atom stereocenters. The van der Waals surface area contributed by atoms with Gasteiger partial charge in [-0.05, 0) is 173 Å². The van der Waals surface area contributed by atoms with Crippen molar-refractivity contribution in [1.29, 1.82) is 0 Å². The Morgan fingerprint density at radius 3 is 1.29 bits per heavy atom. The number of aromatic nitrogens is 4. The number of rotatable bonds is 30. The Hall–Kier alpha value is -6.97. The van der Waals surface area contributed by atoms with Gasteiger partial charge >= 0.3 is 7.12 Å². The van der Waals surface area contributed by atoms with Crippen LogP contribution in [-0.2, 0) is 9.59 Å². The van der Waals surface area contributed by atoms with Gasteiger partial charge in [-0.2, -0.15) is 0 Å². The van der Waals surface area contributed by atoms with Crippen molar-refractivity contribution in [3.8, 4) is 22.5 Å². The van der Waals surface area contributed by atoms with Gasteiger partial charge in [0, 0.05) is 42.6 Å². The molecule has 0 aliphatic carbocycles. The van der Waals surface area contributed by atoms with Crippen LogP contribution < -0.4 is 16.6 Å². The van der Waals surface area contributed by atoms with Gasteiger partial charge in [-0.25, -0.2) is 18.7 Å². The SMILES string of the molecule is CCCCCCCCCC(=O)N(CCN(C)C)C(C)c1nc2ccc(-c3ccccc3)cc2c(=O)n1-c1ccc(F)cc1.CCCCCCCCCC(=O)N(CCN(C)C)C(C)c1nc2ccc(I)cc2c(=O)n1-c1ccc(F)cc1.OB(O)c1ccccc1. The van der Waals surface area contributed by atoms with Crippen molar-refractivity contribution in [2.75, 3.05) is 54.4 Å². The summed E-state index contributed by atoms with van der Waals surface area (Å²) in [4.78, 5) is 72.9. The van der Waals surface area contributed by atoms with E-state index in [0.717, 1.165) is 53.2 Å². The predicted molar refractivity (Wildman–Crippen MR) is 372 cm³/mol. The molecule has 14 nitrogen and oxygen atoms in total. The molecule has 2 aromatic heterocycles. The van der Waals surface area contributed by atoms with Crippen LogP contribution in [0.5, 0.6) is 0 Å². The van der Waals surface area contributed by atoms with Crippen LogP contribution in [0.3, 0.4) is 0 Å². The third kappa shape index (κ3) is 21.6. The van der Waals surface area contributed by atoms with Gasteiger partial charge in [0.2, 0.25) is 11.8 Å². The van der Waals surface area contributed by atoms with Crippen LogP contribution in [0.15, 0.2) is 155 Å². The zero-order valence-electron chi connectivity index (χ0n) is 54.0. The lowest BCUT2D eigenvalue weighted by Crippen LogP contribution is -2.40. The van der Waals surface area contributed by atoms with Crippen molar-refractivity contribution in [1.82, 2.24) is 38.7 Å². The summed E-state index contributed by atoms with van der Waals surface area (Å²) in [5.74, 6) is 0.296. The van der Waals surface area contributed by atoms with Gasteiger partial charge in [-0.1, -0.05) is 158 Å². The third-order valence-electron chi connectivity index (χ3n) is 16.0. The number of hydrogen-bond donors (Lipinski definition) is 2. The van der Waals surface area contributed by atoms with Crippen LogP contribution in [0.4, 0.5) is 8.78 Å². The molecule has 8 aromatic rings. The molecule has 0 aliphatic rings. The highest BCUT2D eigenvalue weighted by Crippen LogP contribution is 2.29. The summed E-state index contributed by atoms with van der Waals surface area (Å²) in [5.41, 5.74) is 4.16. The number of fused-ring (bicyclic) bond motifs is 2. The van der Waals surface area contributed by atoms with E-state index in [1.54, 1.807) is 53.1 Å². The Labute approximate surface area is 545 Å². The third-order valence-corrected chi connectivity index (χ3v) is 16.7. The van der Waals surface area contributed by atoms with E-state index in [1.165, 1.54) is 80.2 Å².